The lowest BCUT2D eigenvalue weighted by atomic mass is 9.81. The van der Waals surface area contributed by atoms with Gasteiger partial charge in [-0.2, -0.15) is 0 Å². The minimum absolute atomic E-state index is 0.0229. The van der Waals surface area contributed by atoms with Gasteiger partial charge in [0.05, 0.1) is 5.92 Å². The molecule has 1 aliphatic carbocycles. The molecule has 0 heterocycles. The Bertz CT molecular complexity index is 515. The third kappa shape index (κ3) is 4.03. The number of halogens is 1. The summed E-state index contributed by atoms with van der Waals surface area (Å²) >= 11 is 0. The molecule has 1 amide bonds. The second-order valence-corrected chi connectivity index (χ2v) is 5.72. The zero-order chi connectivity index (χ0) is 15.4. The van der Waals surface area contributed by atoms with Crippen molar-refractivity contribution < 1.29 is 19.1 Å². The first-order valence-electron chi connectivity index (χ1n) is 7.19. The molecule has 1 fully saturated rings. The van der Waals surface area contributed by atoms with Crippen molar-refractivity contribution in [2.24, 2.45) is 11.8 Å². The number of amides is 1. The van der Waals surface area contributed by atoms with Crippen LogP contribution in [0.3, 0.4) is 0 Å². The molecule has 0 saturated heterocycles. The number of carbonyl (C=O) groups is 2. The molecular weight excluding hydrogens is 273 g/mol. The van der Waals surface area contributed by atoms with Crippen LogP contribution < -0.4 is 0 Å². The van der Waals surface area contributed by atoms with Crippen molar-refractivity contribution in [2.75, 3.05) is 7.05 Å². The van der Waals surface area contributed by atoms with Crippen LogP contribution in [0.15, 0.2) is 24.3 Å². The fourth-order valence-electron chi connectivity index (χ4n) is 2.89. The molecular formula is C16H20FNO3. The van der Waals surface area contributed by atoms with Crippen molar-refractivity contribution in [3.05, 3.63) is 35.6 Å². The van der Waals surface area contributed by atoms with E-state index in [1.54, 1.807) is 24.1 Å². The van der Waals surface area contributed by atoms with Crippen LogP contribution in [-0.2, 0) is 16.1 Å². The molecule has 21 heavy (non-hydrogen) atoms. The van der Waals surface area contributed by atoms with Crippen LogP contribution in [0.4, 0.5) is 4.39 Å². The molecule has 1 aliphatic rings. The van der Waals surface area contributed by atoms with Crippen LogP contribution >= 0.6 is 0 Å². The van der Waals surface area contributed by atoms with E-state index < -0.39 is 11.9 Å². The Morgan fingerprint density at radius 2 is 1.86 bits per heavy atom. The number of hydrogen-bond acceptors (Lipinski definition) is 2. The first kappa shape index (κ1) is 15.5. The van der Waals surface area contributed by atoms with E-state index >= 15 is 0 Å². The van der Waals surface area contributed by atoms with Crippen molar-refractivity contribution in [1.82, 2.24) is 4.90 Å². The second-order valence-electron chi connectivity index (χ2n) is 5.72. The van der Waals surface area contributed by atoms with Crippen molar-refractivity contribution in [1.29, 1.82) is 0 Å². The standard InChI is InChI=1S/C16H20FNO3/c1-18(10-11-5-7-14(17)8-6-11)15(19)12-3-2-4-13(9-12)16(20)21/h5-8,12-13H,2-4,9-10H2,1H3,(H,20,21). The zero-order valence-electron chi connectivity index (χ0n) is 12.1. The topological polar surface area (TPSA) is 57.6 Å². The molecule has 2 atom stereocenters. The largest absolute Gasteiger partial charge is 0.481 e. The predicted molar refractivity (Wildman–Crippen MR) is 76.0 cm³/mol. The predicted octanol–water partition coefficient (Wildman–Crippen LogP) is 2.68. The second kappa shape index (κ2) is 6.70. The van der Waals surface area contributed by atoms with Gasteiger partial charge in [0, 0.05) is 19.5 Å². The molecule has 0 radical (unpaired) electrons. The van der Waals surface area contributed by atoms with Gasteiger partial charge in [-0.3, -0.25) is 9.59 Å². The maximum atomic E-state index is 12.9. The summed E-state index contributed by atoms with van der Waals surface area (Å²) in [5, 5.41) is 9.08. The summed E-state index contributed by atoms with van der Waals surface area (Å²) in [5.74, 6) is -1.76. The van der Waals surface area contributed by atoms with Gasteiger partial charge in [0.1, 0.15) is 5.82 Å². The lowest BCUT2D eigenvalue weighted by Gasteiger charge is -2.29. The Morgan fingerprint density at radius 1 is 1.24 bits per heavy atom. The van der Waals surface area contributed by atoms with Crippen LogP contribution in [0.25, 0.3) is 0 Å². The highest BCUT2D eigenvalue weighted by Crippen LogP contribution is 2.30. The number of carboxylic acids is 1. The van der Waals surface area contributed by atoms with E-state index in [2.05, 4.69) is 0 Å². The van der Waals surface area contributed by atoms with Crippen molar-refractivity contribution in [2.45, 2.75) is 32.2 Å². The van der Waals surface area contributed by atoms with Gasteiger partial charge < -0.3 is 10.0 Å². The molecule has 0 aliphatic heterocycles. The number of carbonyl (C=O) groups excluding carboxylic acids is 1. The van der Waals surface area contributed by atoms with Crippen LogP contribution in [0.2, 0.25) is 0 Å². The van der Waals surface area contributed by atoms with Crippen LogP contribution in [0, 0.1) is 17.7 Å². The average molecular weight is 293 g/mol. The highest BCUT2D eigenvalue weighted by atomic mass is 19.1. The van der Waals surface area contributed by atoms with E-state index in [4.69, 9.17) is 5.11 Å². The molecule has 2 rings (SSSR count). The van der Waals surface area contributed by atoms with Gasteiger partial charge >= 0.3 is 5.97 Å². The Hall–Kier alpha value is -1.91. The number of nitrogens with zero attached hydrogens (tertiary/aromatic N) is 1. The van der Waals surface area contributed by atoms with Gasteiger partial charge in [0.2, 0.25) is 5.91 Å². The summed E-state index contributed by atoms with van der Waals surface area (Å²) in [5.41, 5.74) is 0.859. The van der Waals surface area contributed by atoms with Gasteiger partial charge in [0.25, 0.3) is 0 Å². The molecule has 1 aromatic carbocycles. The fourth-order valence-corrected chi connectivity index (χ4v) is 2.89. The summed E-state index contributed by atoms with van der Waals surface area (Å²) in [4.78, 5) is 25.1. The maximum Gasteiger partial charge on any atom is 0.306 e. The number of hydrogen-bond donors (Lipinski definition) is 1. The van der Waals surface area contributed by atoms with Crippen LogP contribution in [-0.4, -0.2) is 28.9 Å². The van der Waals surface area contributed by atoms with Gasteiger partial charge in [-0.25, -0.2) is 4.39 Å². The number of rotatable bonds is 4. The number of aliphatic carboxylic acids is 1. The third-order valence-electron chi connectivity index (χ3n) is 4.08. The van der Waals surface area contributed by atoms with Gasteiger partial charge in [-0.05, 0) is 37.0 Å². The highest BCUT2D eigenvalue weighted by Gasteiger charge is 2.32. The normalized spacial score (nSPS) is 21.8. The Balaban J connectivity index is 1.95. The fraction of sp³-hybridized carbons (Fsp3) is 0.500. The Labute approximate surface area is 123 Å². The van der Waals surface area contributed by atoms with E-state index in [9.17, 15) is 14.0 Å². The minimum Gasteiger partial charge on any atom is -0.481 e. The Kier molecular flexibility index (Phi) is 4.94. The summed E-state index contributed by atoms with van der Waals surface area (Å²) in [7, 11) is 1.70. The smallest absolute Gasteiger partial charge is 0.306 e. The van der Waals surface area contributed by atoms with E-state index in [1.165, 1.54) is 12.1 Å². The van der Waals surface area contributed by atoms with Crippen molar-refractivity contribution >= 4 is 11.9 Å². The molecule has 1 N–H and O–H groups in total. The molecule has 1 saturated carbocycles. The first-order chi connectivity index (χ1) is 9.97. The molecule has 2 unspecified atom stereocenters. The highest BCUT2D eigenvalue weighted by molar-refractivity contribution is 5.80. The van der Waals surface area contributed by atoms with Crippen molar-refractivity contribution in [3.63, 3.8) is 0 Å². The molecule has 4 nitrogen and oxygen atoms in total. The molecule has 5 heteroatoms. The molecule has 0 spiro atoms. The lowest BCUT2D eigenvalue weighted by molar-refractivity contribution is -0.145. The molecule has 0 aromatic heterocycles. The average Bonchev–Trinajstić information content (AvgIpc) is 2.49. The molecule has 114 valence electrons. The lowest BCUT2D eigenvalue weighted by Crippen LogP contribution is -2.36. The number of carboxylic acid groups (broad SMARTS) is 1. The van der Waals surface area contributed by atoms with Crippen molar-refractivity contribution in [3.8, 4) is 0 Å². The summed E-state index contributed by atoms with van der Waals surface area (Å²) in [6, 6.07) is 6.05. The monoisotopic (exact) mass is 293 g/mol. The van der Waals surface area contributed by atoms with Gasteiger partial charge in [-0.15, -0.1) is 0 Å². The first-order valence-corrected chi connectivity index (χ1v) is 7.19. The van der Waals surface area contributed by atoms with Gasteiger partial charge in [0.15, 0.2) is 0 Å². The quantitative estimate of drug-likeness (QED) is 0.928. The SMILES string of the molecule is CN(Cc1ccc(F)cc1)C(=O)C1CCCC(C(=O)O)C1. The summed E-state index contributed by atoms with van der Waals surface area (Å²) in [6.45, 7) is 0.410. The molecule has 0 bridgehead atoms. The van der Waals surface area contributed by atoms with E-state index in [1.807, 2.05) is 0 Å². The molecule has 1 aromatic rings. The van der Waals surface area contributed by atoms with Crippen LogP contribution in [0.5, 0.6) is 0 Å². The zero-order valence-corrected chi connectivity index (χ0v) is 12.1. The maximum absolute atomic E-state index is 12.9. The van der Waals surface area contributed by atoms with E-state index in [-0.39, 0.29) is 17.6 Å². The third-order valence-corrected chi connectivity index (χ3v) is 4.08. The van der Waals surface area contributed by atoms with E-state index in [0.29, 0.717) is 19.4 Å². The minimum atomic E-state index is -0.811. The van der Waals surface area contributed by atoms with Crippen LogP contribution in [0.1, 0.15) is 31.2 Å². The summed E-state index contributed by atoms with van der Waals surface area (Å²) in [6.07, 6.45) is 2.59. The summed E-state index contributed by atoms with van der Waals surface area (Å²) < 4.78 is 12.9. The van der Waals surface area contributed by atoms with Gasteiger partial charge in [-0.1, -0.05) is 18.6 Å². The number of benzene rings is 1. The Morgan fingerprint density at radius 3 is 2.48 bits per heavy atom. The van der Waals surface area contributed by atoms with E-state index in [0.717, 1.165) is 18.4 Å².